The lowest BCUT2D eigenvalue weighted by atomic mass is 10.3. The predicted octanol–water partition coefficient (Wildman–Crippen LogP) is 4.41. The minimum Gasteiger partial charge on any atom is -0.497 e. The molecule has 0 aliphatic rings. The van der Waals surface area contributed by atoms with Crippen LogP contribution in [-0.2, 0) is 4.79 Å². The van der Waals surface area contributed by atoms with Crippen LogP contribution in [0, 0.1) is 0 Å². The molecule has 0 aliphatic heterocycles. The van der Waals surface area contributed by atoms with Gasteiger partial charge in [-0.2, -0.15) is 0 Å². The lowest BCUT2D eigenvalue weighted by molar-refractivity contribution is -0.122. The van der Waals surface area contributed by atoms with E-state index >= 15 is 0 Å². The van der Waals surface area contributed by atoms with E-state index in [9.17, 15) is 4.79 Å². The summed E-state index contributed by atoms with van der Waals surface area (Å²) in [5.74, 6) is 1.02. The lowest BCUT2D eigenvalue weighted by Gasteiger charge is -2.15. The third-order valence-electron chi connectivity index (χ3n) is 2.93. The van der Waals surface area contributed by atoms with Crippen molar-refractivity contribution >= 4 is 34.8 Å². The van der Waals surface area contributed by atoms with E-state index in [0.717, 1.165) is 5.75 Å². The molecule has 0 aliphatic carbocycles. The van der Waals surface area contributed by atoms with Gasteiger partial charge in [0.2, 0.25) is 0 Å². The van der Waals surface area contributed by atoms with E-state index in [1.165, 1.54) is 0 Å². The number of carbonyl (C=O) groups excluding carboxylic acids is 1. The molecule has 2 aromatic rings. The monoisotopic (exact) mass is 339 g/mol. The van der Waals surface area contributed by atoms with Gasteiger partial charge in [-0.25, -0.2) is 0 Å². The molecule has 2 rings (SSSR count). The van der Waals surface area contributed by atoms with Crippen LogP contribution in [0.25, 0.3) is 0 Å². The number of hydrogen-bond donors (Lipinski definition) is 1. The highest BCUT2D eigenvalue weighted by molar-refractivity contribution is 6.42. The fourth-order valence-corrected chi connectivity index (χ4v) is 2.03. The first-order valence-corrected chi connectivity index (χ1v) is 7.32. The number of halogens is 2. The largest absolute Gasteiger partial charge is 0.497 e. The Morgan fingerprint density at radius 1 is 1.05 bits per heavy atom. The molecule has 0 fully saturated rings. The number of benzene rings is 2. The van der Waals surface area contributed by atoms with Crippen molar-refractivity contribution in [3.63, 3.8) is 0 Å². The van der Waals surface area contributed by atoms with Gasteiger partial charge in [0.05, 0.1) is 17.2 Å². The zero-order valence-electron chi connectivity index (χ0n) is 12.1. The minimum atomic E-state index is -0.664. The Hall–Kier alpha value is -1.91. The van der Waals surface area contributed by atoms with Crippen LogP contribution in [0.4, 0.5) is 5.69 Å². The Labute approximate surface area is 138 Å². The Balaban J connectivity index is 1.97. The second-order valence-electron chi connectivity index (χ2n) is 4.55. The molecule has 1 unspecified atom stereocenters. The predicted molar refractivity (Wildman–Crippen MR) is 88.2 cm³/mol. The molecule has 0 saturated carbocycles. The van der Waals surface area contributed by atoms with Gasteiger partial charge in [0.1, 0.15) is 11.5 Å². The number of carbonyl (C=O) groups is 1. The van der Waals surface area contributed by atoms with Crippen LogP contribution in [0.3, 0.4) is 0 Å². The SMILES string of the molecule is COc1ccc(OC(C)C(=O)Nc2ccc(Cl)c(Cl)c2)cc1. The minimum absolute atomic E-state index is 0.283. The summed E-state index contributed by atoms with van der Waals surface area (Å²) >= 11 is 11.7. The molecule has 6 heteroatoms. The number of rotatable bonds is 5. The summed E-state index contributed by atoms with van der Waals surface area (Å²) in [6.45, 7) is 1.66. The summed E-state index contributed by atoms with van der Waals surface area (Å²) in [5, 5.41) is 3.53. The smallest absolute Gasteiger partial charge is 0.265 e. The molecule has 1 atom stereocenters. The number of methoxy groups -OCH3 is 1. The van der Waals surface area contributed by atoms with Crippen LogP contribution >= 0.6 is 23.2 Å². The first kappa shape index (κ1) is 16.5. The highest BCUT2D eigenvalue weighted by atomic mass is 35.5. The molecule has 2 aromatic carbocycles. The summed E-state index contributed by atoms with van der Waals surface area (Å²) in [5.41, 5.74) is 0.560. The summed E-state index contributed by atoms with van der Waals surface area (Å²) < 4.78 is 10.6. The molecule has 1 N–H and O–H groups in total. The van der Waals surface area contributed by atoms with Gasteiger partial charge in [0.15, 0.2) is 6.10 Å². The Morgan fingerprint density at radius 3 is 2.27 bits per heavy atom. The van der Waals surface area contributed by atoms with Crippen LogP contribution in [0.1, 0.15) is 6.92 Å². The Morgan fingerprint density at radius 2 is 1.68 bits per heavy atom. The Bertz CT molecular complexity index is 659. The van der Waals surface area contributed by atoms with Crippen LogP contribution in [0.15, 0.2) is 42.5 Å². The normalized spacial score (nSPS) is 11.6. The zero-order chi connectivity index (χ0) is 16.1. The maximum Gasteiger partial charge on any atom is 0.265 e. The van der Waals surface area contributed by atoms with E-state index in [0.29, 0.717) is 21.5 Å². The molecule has 4 nitrogen and oxygen atoms in total. The molecule has 1 amide bonds. The first-order chi connectivity index (χ1) is 10.5. The van der Waals surface area contributed by atoms with Crippen LogP contribution in [0.2, 0.25) is 10.0 Å². The topological polar surface area (TPSA) is 47.6 Å². The second-order valence-corrected chi connectivity index (χ2v) is 5.37. The van der Waals surface area contributed by atoms with Crippen molar-refractivity contribution in [1.82, 2.24) is 0 Å². The highest BCUT2D eigenvalue weighted by Crippen LogP contribution is 2.25. The number of anilines is 1. The fraction of sp³-hybridized carbons (Fsp3) is 0.188. The van der Waals surface area contributed by atoms with Crippen LogP contribution in [0.5, 0.6) is 11.5 Å². The van der Waals surface area contributed by atoms with E-state index in [2.05, 4.69) is 5.32 Å². The molecule has 0 spiro atoms. The maximum atomic E-state index is 12.1. The van der Waals surface area contributed by atoms with Gasteiger partial charge in [-0.3, -0.25) is 4.79 Å². The van der Waals surface area contributed by atoms with E-state index < -0.39 is 6.10 Å². The standard InChI is InChI=1S/C16H15Cl2NO3/c1-10(22-13-6-4-12(21-2)5-7-13)16(20)19-11-3-8-14(17)15(18)9-11/h3-10H,1-2H3,(H,19,20). The van der Waals surface area contributed by atoms with Crippen LogP contribution in [-0.4, -0.2) is 19.1 Å². The third kappa shape index (κ3) is 4.29. The highest BCUT2D eigenvalue weighted by Gasteiger charge is 2.15. The van der Waals surface area contributed by atoms with E-state index in [4.69, 9.17) is 32.7 Å². The third-order valence-corrected chi connectivity index (χ3v) is 3.67. The average Bonchev–Trinajstić information content (AvgIpc) is 2.51. The number of nitrogens with one attached hydrogen (secondary N) is 1. The van der Waals surface area contributed by atoms with E-state index in [-0.39, 0.29) is 5.91 Å². The van der Waals surface area contributed by atoms with Crippen molar-refractivity contribution in [3.8, 4) is 11.5 Å². The maximum absolute atomic E-state index is 12.1. The van der Waals surface area contributed by atoms with Gasteiger partial charge in [0.25, 0.3) is 5.91 Å². The second kappa shape index (κ2) is 7.38. The molecule has 0 saturated heterocycles. The number of hydrogen-bond acceptors (Lipinski definition) is 3. The zero-order valence-corrected chi connectivity index (χ0v) is 13.6. The van der Waals surface area contributed by atoms with Crippen molar-refractivity contribution in [2.45, 2.75) is 13.0 Å². The molecule has 22 heavy (non-hydrogen) atoms. The molecule has 0 heterocycles. The van der Waals surface area contributed by atoms with E-state index in [1.807, 2.05) is 0 Å². The molecule has 0 radical (unpaired) electrons. The van der Waals surface area contributed by atoms with Crippen molar-refractivity contribution in [2.24, 2.45) is 0 Å². The van der Waals surface area contributed by atoms with Gasteiger partial charge >= 0.3 is 0 Å². The molecule has 0 bridgehead atoms. The quantitative estimate of drug-likeness (QED) is 0.877. The number of ether oxygens (including phenoxy) is 2. The van der Waals surface area contributed by atoms with Crippen molar-refractivity contribution in [1.29, 1.82) is 0 Å². The van der Waals surface area contributed by atoms with Crippen molar-refractivity contribution < 1.29 is 14.3 Å². The van der Waals surface area contributed by atoms with Gasteiger partial charge in [-0.05, 0) is 49.4 Å². The van der Waals surface area contributed by atoms with Gasteiger partial charge in [-0.15, -0.1) is 0 Å². The van der Waals surface area contributed by atoms with Gasteiger partial charge < -0.3 is 14.8 Å². The van der Waals surface area contributed by atoms with E-state index in [1.54, 1.807) is 56.5 Å². The molecule has 0 aromatic heterocycles. The lowest BCUT2D eigenvalue weighted by Crippen LogP contribution is -2.30. The Kier molecular flexibility index (Phi) is 5.52. The van der Waals surface area contributed by atoms with Gasteiger partial charge in [-0.1, -0.05) is 23.2 Å². The summed E-state index contributed by atoms with van der Waals surface area (Å²) in [7, 11) is 1.59. The molecular weight excluding hydrogens is 325 g/mol. The number of amides is 1. The van der Waals surface area contributed by atoms with Crippen LogP contribution < -0.4 is 14.8 Å². The molecule has 116 valence electrons. The summed E-state index contributed by atoms with van der Waals surface area (Å²) in [6, 6.07) is 11.9. The first-order valence-electron chi connectivity index (χ1n) is 6.56. The fourth-order valence-electron chi connectivity index (χ4n) is 1.73. The summed E-state index contributed by atoms with van der Waals surface area (Å²) in [4.78, 5) is 12.1. The van der Waals surface area contributed by atoms with Gasteiger partial charge in [0, 0.05) is 5.69 Å². The average molecular weight is 340 g/mol. The van der Waals surface area contributed by atoms with Crippen molar-refractivity contribution in [2.75, 3.05) is 12.4 Å². The van der Waals surface area contributed by atoms with Crippen molar-refractivity contribution in [3.05, 3.63) is 52.5 Å². The summed E-state index contributed by atoms with van der Waals surface area (Å²) in [6.07, 6.45) is -0.664. The molecular formula is C16H15Cl2NO3.